The Bertz CT molecular complexity index is 1630. The van der Waals surface area contributed by atoms with Crippen molar-refractivity contribution in [3.8, 4) is 16.9 Å². The van der Waals surface area contributed by atoms with Gasteiger partial charge in [-0.25, -0.2) is 0 Å². The Labute approximate surface area is 271 Å². The van der Waals surface area contributed by atoms with Crippen LogP contribution in [0, 0.1) is 33.6 Å². The number of carbonyl (C=O) groups is 3. The van der Waals surface area contributed by atoms with E-state index in [2.05, 4.69) is 34.8 Å². The molecule has 1 aromatic heterocycles. The predicted octanol–water partition coefficient (Wildman–Crippen LogP) is 6.38. The van der Waals surface area contributed by atoms with Crippen molar-refractivity contribution < 1.29 is 19.1 Å². The van der Waals surface area contributed by atoms with Gasteiger partial charge in [0.05, 0.1) is 24.9 Å². The lowest BCUT2D eigenvalue weighted by Gasteiger charge is -2.18. The zero-order chi connectivity index (χ0) is 33.0. The summed E-state index contributed by atoms with van der Waals surface area (Å²) in [6.45, 7) is 13.7. The van der Waals surface area contributed by atoms with Crippen molar-refractivity contribution in [2.45, 2.75) is 80.2 Å². The number of amides is 2. The number of nitrogens with zero attached hydrogens (tertiary/aromatic N) is 2. The smallest absolute Gasteiger partial charge is 0.248 e. The van der Waals surface area contributed by atoms with E-state index in [0.717, 1.165) is 61.1 Å². The highest BCUT2D eigenvalue weighted by Gasteiger charge is 2.30. The van der Waals surface area contributed by atoms with Crippen LogP contribution in [0.4, 0.5) is 0 Å². The van der Waals surface area contributed by atoms with Gasteiger partial charge in [-0.3, -0.25) is 19.1 Å². The molecule has 0 bridgehead atoms. The van der Waals surface area contributed by atoms with Crippen molar-refractivity contribution in [2.24, 2.45) is 13.0 Å². The first-order chi connectivity index (χ1) is 21.3. The summed E-state index contributed by atoms with van der Waals surface area (Å²) >= 11 is 6.33. The molecule has 8 nitrogen and oxygen atoms in total. The largest absolute Gasteiger partial charge is 0.494 e. The zero-order valence-corrected chi connectivity index (χ0v) is 28.4. The van der Waals surface area contributed by atoms with Crippen LogP contribution in [0.5, 0.6) is 5.75 Å². The molecule has 0 fully saturated rings. The van der Waals surface area contributed by atoms with Gasteiger partial charge in [0.2, 0.25) is 11.8 Å². The Balaban J connectivity index is 1.56. The van der Waals surface area contributed by atoms with Crippen LogP contribution < -0.4 is 15.4 Å². The van der Waals surface area contributed by atoms with E-state index in [-0.39, 0.29) is 30.1 Å². The number of aryl methyl sites for hydroxylation is 4. The summed E-state index contributed by atoms with van der Waals surface area (Å²) < 4.78 is 7.96. The lowest BCUT2D eigenvalue weighted by molar-refractivity contribution is -0.128. The number of aromatic nitrogens is 2. The third-order valence-corrected chi connectivity index (χ3v) is 9.06. The number of ketones is 1. The van der Waals surface area contributed by atoms with Gasteiger partial charge in [0.15, 0.2) is 5.78 Å². The molecule has 2 amide bonds. The third-order valence-electron chi connectivity index (χ3n) is 8.46. The van der Waals surface area contributed by atoms with E-state index >= 15 is 0 Å². The summed E-state index contributed by atoms with van der Waals surface area (Å²) in [4.78, 5) is 38.5. The van der Waals surface area contributed by atoms with Crippen LogP contribution in [0.25, 0.3) is 16.7 Å². The summed E-state index contributed by atoms with van der Waals surface area (Å²) in [5, 5.41) is 11.0. The lowest BCUT2D eigenvalue weighted by Crippen LogP contribution is -2.45. The molecule has 2 aromatic carbocycles. The molecular weight excluding hydrogens is 588 g/mol. The topological polar surface area (TPSA) is 102 Å². The molecule has 0 aliphatic heterocycles. The van der Waals surface area contributed by atoms with Gasteiger partial charge in [0.25, 0.3) is 0 Å². The maximum Gasteiger partial charge on any atom is 0.248 e. The summed E-state index contributed by atoms with van der Waals surface area (Å²) in [6, 6.07) is 9.49. The quantitative estimate of drug-likeness (QED) is 0.213. The van der Waals surface area contributed by atoms with Gasteiger partial charge in [-0.05, 0) is 105 Å². The Morgan fingerprint density at radius 1 is 1.07 bits per heavy atom. The van der Waals surface area contributed by atoms with E-state index in [4.69, 9.17) is 16.3 Å². The van der Waals surface area contributed by atoms with Crippen LogP contribution in [0.3, 0.4) is 0 Å². The molecular formula is C36H45ClN4O4. The van der Waals surface area contributed by atoms with Gasteiger partial charge < -0.3 is 15.4 Å². The molecule has 9 heteroatoms. The highest BCUT2D eigenvalue weighted by atomic mass is 35.5. The van der Waals surface area contributed by atoms with Crippen LogP contribution in [0.2, 0.25) is 5.02 Å². The minimum Gasteiger partial charge on any atom is -0.494 e. The Hall–Kier alpha value is -3.91. The van der Waals surface area contributed by atoms with Gasteiger partial charge in [-0.15, -0.1) is 0 Å². The molecule has 0 saturated carbocycles. The molecule has 0 saturated heterocycles. The van der Waals surface area contributed by atoms with Crippen LogP contribution in [-0.2, 0) is 27.9 Å². The monoisotopic (exact) mass is 632 g/mol. The van der Waals surface area contributed by atoms with Crippen molar-refractivity contribution in [3.63, 3.8) is 0 Å². The molecule has 1 aliphatic rings. The maximum absolute atomic E-state index is 13.7. The fourth-order valence-corrected chi connectivity index (χ4v) is 6.25. The number of Topliss-reactive ketones (excluding diaryl/α,β-unsaturated/α-hetero) is 1. The Morgan fingerprint density at radius 2 is 1.73 bits per heavy atom. The maximum atomic E-state index is 13.7. The summed E-state index contributed by atoms with van der Waals surface area (Å²) in [5.41, 5.74) is 9.79. The minimum absolute atomic E-state index is 0.0979. The molecule has 4 rings (SSSR count). The normalized spacial score (nSPS) is 13.2. The van der Waals surface area contributed by atoms with Crippen LogP contribution >= 0.6 is 11.6 Å². The number of allylic oxidation sites excluding steroid dienone is 1. The van der Waals surface area contributed by atoms with E-state index in [1.807, 2.05) is 64.5 Å². The van der Waals surface area contributed by atoms with Crippen LogP contribution in [0.15, 0.2) is 35.9 Å². The number of nitrogens with one attached hydrogen (secondary N) is 2. The van der Waals surface area contributed by atoms with Crippen LogP contribution in [0.1, 0.15) is 73.7 Å². The fourth-order valence-electron chi connectivity index (χ4n) is 6.15. The molecule has 1 heterocycles. The molecule has 1 atom stereocenters. The Kier molecular flexibility index (Phi) is 10.9. The van der Waals surface area contributed by atoms with Crippen molar-refractivity contribution in [1.82, 2.24) is 20.4 Å². The number of benzene rings is 2. The van der Waals surface area contributed by atoms with E-state index < -0.39 is 6.04 Å². The average Bonchev–Trinajstić information content (AvgIpc) is 3.47. The number of fused-ring (bicyclic) bond motifs is 1. The van der Waals surface area contributed by atoms with E-state index in [1.165, 1.54) is 6.92 Å². The van der Waals surface area contributed by atoms with Crippen molar-refractivity contribution in [1.29, 1.82) is 0 Å². The summed E-state index contributed by atoms with van der Waals surface area (Å²) in [5.74, 6) is 0.252. The number of hydrogen-bond acceptors (Lipinski definition) is 5. The van der Waals surface area contributed by atoms with Gasteiger partial charge in [-0.2, -0.15) is 5.10 Å². The second-order valence-corrected chi connectivity index (χ2v) is 12.9. The van der Waals surface area contributed by atoms with E-state index in [9.17, 15) is 14.4 Å². The molecule has 3 aromatic rings. The molecule has 0 unspecified atom stereocenters. The first kappa shape index (κ1) is 34.0. The first-order valence-corrected chi connectivity index (χ1v) is 16.0. The van der Waals surface area contributed by atoms with E-state index in [1.54, 1.807) is 0 Å². The third kappa shape index (κ3) is 7.85. The average molecular weight is 633 g/mol. The number of hydrogen-bond donors (Lipinski definition) is 2. The zero-order valence-electron chi connectivity index (χ0n) is 27.7. The molecule has 0 spiro atoms. The second-order valence-electron chi connectivity index (χ2n) is 12.5. The van der Waals surface area contributed by atoms with Crippen molar-refractivity contribution in [2.75, 3.05) is 13.2 Å². The molecule has 0 radical (unpaired) electrons. The number of rotatable bonds is 13. The standard InChI is InChI=1S/C36H45ClN4O4/c1-20(2)15-32(25(7)42)39-33(43)19-38-36(44)31-18-30-27(11-9-12-29(30)34-23(5)40-41(8)24(34)6)28(31)13-10-14-45-26-16-21(3)35(37)22(4)17-26/h9,11-12,16-17,20,32H,10,13-15,18-19H2,1-8H3,(H,38,44)(H,39,43)/t32-/m0/s1. The minimum atomic E-state index is -0.568. The molecule has 45 heavy (non-hydrogen) atoms. The van der Waals surface area contributed by atoms with Gasteiger partial charge in [0, 0.05) is 35.3 Å². The Morgan fingerprint density at radius 3 is 2.33 bits per heavy atom. The molecule has 240 valence electrons. The highest BCUT2D eigenvalue weighted by molar-refractivity contribution is 6.32. The van der Waals surface area contributed by atoms with Crippen LogP contribution in [-0.4, -0.2) is 46.6 Å². The predicted molar refractivity (Wildman–Crippen MR) is 179 cm³/mol. The van der Waals surface area contributed by atoms with Crippen molar-refractivity contribution >= 4 is 34.8 Å². The number of ether oxygens (including phenoxy) is 1. The van der Waals surface area contributed by atoms with E-state index in [0.29, 0.717) is 37.9 Å². The van der Waals surface area contributed by atoms with Gasteiger partial charge in [-0.1, -0.05) is 43.6 Å². The molecule has 1 aliphatic carbocycles. The van der Waals surface area contributed by atoms with Gasteiger partial charge in [0.1, 0.15) is 5.75 Å². The summed E-state index contributed by atoms with van der Waals surface area (Å²) in [6.07, 6.45) is 2.31. The number of halogens is 1. The first-order valence-electron chi connectivity index (χ1n) is 15.6. The number of carbonyl (C=O) groups excluding carboxylic acids is 3. The fraction of sp³-hybridized carbons (Fsp3) is 0.444. The lowest BCUT2D eigenvalue weighted by atomic mass is 9.93. The SMILES string of the molecule is CC(=O)[C@H](CC(C)C)NC(=O)CNC(=O)C1=C(CCCOc2cc(C)c(Cl)c(C)c2)c2cccc(-c3c(C)nn(C)c3C)c2C1. The van der Waals surface area contributed by atoms with Crippen molar-refractivity contribution in [3.05, 3.63) is 74.6 Å². The summed E-state index contributed by atoms with van der Waals surface area (Å²) in [7, 11) is 1.93. The second kappa shape index (κ2) is 14.5. The molecule has 2 N–H and O–H groups in total. The highest BCUT2D eigenvalue weighted by Crippen LogP contribution is 2.42. The van der Waals surface area contributed by atoms with Gasteiger partial charge >= 0.3 is 0 Å².